The van der Waals surface area contributed by atoms with Crippen LogP contribution in [0, 0.1) is 5.82 Å². The Balaban J connectivity index is 2.11. The first kappa shape index (κ1) is 14.3. The van der Waals surface area contributed by atoms with Gasteiger partial charge >= 0.3 is 5.97 Å². The monoisotopic (exact) mass is 294 g/mol. The summed E-state index contributed by atoms with van der Waals surface area (Å²) in [6, 6.07) is 17.5. The second-order valence-electron chi connectivity index (χ2n) is 5.33. The highest BCUT2D eigenvalue weighted by atomic mass is 19.1. The van der Waals surface area contributed by atoms with E-state index in [1.165, 1.54) is 6.07 Å². The van der Waals surface area contributed by atoms with E-state index < -0.39 is 5.97 Å². The van der Waals surface area contributed by atoms with Crippen LogP contribution in [-0.4, -0.2) is 11.1 Å². The molecule has 0 heterocycles. The highest BCUT2D eigenvalue weighted by Gasteiger charge is 2.17. The molecule has 2 nitrogen and oxygen atoms in total. The number of aromatic carboxylic acids is 1. The molecule has 0 aliphatic heterocycles. The van der Waals surface area contributed by atoms with Crippen molar-refractivity contribution >= 4 is 16.7 Å². The predicted molar refractivity (Wildman–Crippen MR) is 84.8 cm³/mol. The molecule has 0 aliphatic carbocycles. The van der Waals surface area contributed by atoms with Gasteiger partial charge in [-0.15, -0.1) is 0 Å². The second kappa shape index (κ2) is 5.60. The predicted octanol–water partition coefficient (Wildman–Crippen LogP) is 4.83. The third-order valence-electron chi connectivity index (χ3n) is 4.01. The molecule has 1 unspecified atom stereocenters. The summed E-state index contributed by atoms with van der Waals surface area (Å²) in [7, 11) is 0. The van der Waals surface area contributed by atoms with Gasteiger partial charge in [0.15, 0.2) is 0 Å². The Morgan fingerprint density at radius 3 is 2.59 bits per heavy atom. The molecule has 0 aliphatic rings. The van der Waals surface area contributed by atoms with Gasteiger partial charge in [-0.05, 0) is 34.7 Å². The SMILES string of the molecule is CC(c1ccc2cccc(F)c2c1)c1ccccc1C(=O)O. The zero-order valence-corrected chi connectivity index (χ0v) is 12.1. The Morgan fingerprint density at radius 1 is 1.05 bits per heavy atom. The van der Waals surface area contributed by atoms with Crippen molar-refractivity contribution in [2.45, 2.75) is 12.8 Å². The van der Waals surface area contributed by atoms with Crippen molar-refractivity contribution in [1.82, 2.24) is 0 Å². The molecule has 3 aromatic carbocycles. The molecule has 0 fully saturated rings. The van der Waals surface area contributed by atoms with Gasteiger partial charge in [0.1, 0.15) is 5.82 Å². The van der Waals surface area contributed by atoms with E-state index in [0.717, 1.165) is 16.5 Å². The van der Waals surface area contributed by atoms with E-state index in [-0.39, 0.29) is 17.3 Å². The summed E-state index contributed by atoms with van der Waals surface area (Å²) >= 11 is 0. The Labute approximate surface area is 127 Å². The van der Waals surface area contributed by atoms with Crippen LogP contribution in [0.15, 0.2) is 60.7 Å². The molecule has 1 atom stereocenters. The van der Waals surface area contributed by atoms with Crippen LogP contribution in [0.1, 0.15) is 34.3 Å². The molecule has 0 saturated heterocycles. The van der Waals surface area contributed by atoms with Crippen molar-refractivity contribution in [3.05, 3.63) is 83.2 Å². The quantitative estimate of drug-likeness (QED) is 0.751. The van der Waals surface area contributed by atoms with E-state index in [1.807, 2.05) is 31.2 Å². The molecule has 0 spiro atoms. The first-order chi connectivity index (χ1) is 10.6. The molecule has 3 rings (SSSR count). The van der Waals surface area contributed by atoms with Crippen molar-refractivity contribution in [2.75, 3.05) is 0 Å². The lowest BCUT2D eigenvalue weighted by Gasteiger charge is -2.16. The zero-order chi connectivity index (χ0) is 15.7. The van der Waals surface area contributed by atoms with E-state index in [9.17, 15) is 14.3 Å². The molecule has 0 radical (unpaired) electrons. The van der Waals surface area contributed by atoms with Gasteiger partial charge in [-0.2, -0.15) is 0 Å². The topological polar surface area (TPSA) is 37.3 Å². The van der Waals surface area contributed by atoms with Gasteiger partial charge in [0, 0.05) is 11.3 Å². The maximum Gasteiger partial charge on any atom is 0.335 e. The van der Waals surface area contributed by atoms with Crippen LogP contribution in [-0.2, 0) is 0 Å². The van der Waals surface area contributed by atoms with Gasteiger partial charge in [-0.25, -0.2) is 9.18 Å². The van der Waals surface area contributed by atoms with E-state index in [0.29, 0.717) is 5.39 Å². The normalized spacial score (nSPS) is 12.3. The van der Waals surface area contributed by atoms with Gasteiger partial charge < -0.3 is 5.11 Å². The van der Waals surface area contributed by atoms with Gasteiger partial charge in [-0.3, -0.25) is 0 Å². The summed E-state index contributed by atoms with van der Waals surface area (Å²) in [4.78, 5) is 11.4. The molecule has 0 bridgehead atoms. The summed E-state index contributed by atoms with van der Waals surface area (Å²) < 4.78 is 13.9. The van der Waals surface area contributed by atoms with E-state index in [1.54, 1.807) is 30.3 Å². The summed E-state index contributed by atoms with van der Waals surface area (Å²) in [5, 5.41) is 10.7. The first-order valence-electron chi connectivity index (χ1n) is 7.08. The van der Waals surface area contributed by atoms with Crippen molar-refractivity contribution in [3.8, 4) is 0 Å². The lowest BCUT2D eigenvalue weighted by atomic mass is 9.88. The fraction of sp³-hybridized carbons (Fsp3) is 0.105. The van der Waals surface area contributed by atoms with Gasteiger partial charge in [-0.1, -0.05) is 49.4 Å². The molecule has 22 heavy (non-hydrogen) atoms. The number of hydrogen-bond acceptors (Lipinski definition) is 1. The van der Waals surface area contributed by atoms with Crippen LogP contribution in [0.5, 0.6) is 0 Å². The minimum Gasteiger partial charge on any atom is -0.478 e. The molecular formula is C19H15FO2. The third-order valence-corrected chi connectivity index (χ3v) is 4.01. The highest BCUT2D eigenvalue weighted by Crippen LogP contribution is 2.30. The molecule has 0 saturated carbocycles. The van der Waals surface area contributed by atoms with Crippen molar-refractivity contribution in [1.29, 1.82) is 0 Å². The zero-order valence-electron chi connectivity index (χ0n) is 12.1. The van der Waals surface area contributed by atoms with Crippen molar-refractivity contribution in [3.63, 3.8) is 0 Å². The van der Waals surface area contributed by atoms with E-state index in [4.69, 9.17) is 0 Å². The van der Waals surface area contributed by atoms with Crippen molar-refractivity contribution in [2.24, 2.45) is 0 Å². The van der Waals surface area contributed by atoms with Crippen LogP contribution in [0.3, 0.4) is 0 Å². The van der Waals surface area contributed by atoms with E-state index in [2.05, 4.69) is 0 Å². The number of carboxylic acids is 1. The maximum absolute atomic E-state index is 13.9. The number of benzene rings is 3. The average molecular weight is 294 g/mol. The molecule has 110 valence electrons. The summed E-state index contributed by atoms with van der Waals surface area (Å²) in [6.45, 7) is 1.93. The maximum atomic E-state index is 13.9. The Bertz CT molecular complexity index is 855. The van der Waals surface area contributed by atoms with Gasteiger partial charge in [0.2, 0.25) is 0 Å². The van der Waals surface area contributed by atoms with Crippen LogP contribution in [0.25, 0.3) is 10.8 Å². The highest BCUT2D eigenvalue weighted by molar-refractivity contribution is 5.90. The van der Waals surface area contributed by atoms with Crippen molar-refractivity contribution < 1.29 is 14.3 Å². The third kappa shape index (κ3) is 2.46. The Hall–Kier alpha value is -2.68. The number of hydrogen-bond donors (Lipinski definition) is 1. The fourth-order valence-corrected chi connectivity index (χ4v) is 2.77. The van der Waals surface area contributed by atoms with Crippen LogP contribution in [0.2, 0.25) is 0 Å². The van der Waals surface area contributed by atoms with Crippen LogP contribution in [0.4, 0.5) is 4.39 Å². The first-order valence-corrected chi connectivity index (χ1v) is 7.08. The molecular weight excluding hydrogens is 279 g/mol. The molecule has 3 heteroatoms. The van der Waals surface area contributed by atoms with Crippen LogP contribution >= 0.6 is 0 Å². The standard InChI is InChI=1S/C19H15FO2/c1-12(15-6-2-3-7-16(15)19(21)22)14-10-9-13-5-4-8-18(20)17(13)11-14/h2-12H,1H3,(H,21,22). The summed E-state index contributed by atoms with van der Waals surface area (Å²) in [6.07, 6.45) is 0. The van der Waals surface area contributed by atoms with Gasteiger partial charge in [0.25, 0.3) is 0 Å². The number of rotatable bonds is 3. The molecule has 0 amide bonds. The molecule has 3 aromatic rings. The average Bonchev–Trinajstić information content (AvgIpc) is 2.54. The summed E-state index contributed by atoms with van der Waals surface area (Å²) in [5.74, 6) is -1.34. The Kier molecular flexibility index (Phi) is 3.63. The van der Waals surface area contributed by atoms with E-state index >= 15 is 0 Å². The lowest BCUT2D eigenvalue weighted by molar-refractivity contribution is 0.0695. The smallest absolute Gasteiger partial charge is 0.335 e. The molecule has 0 aromatic heterocycles. The lowest BCUT2D eigenvalue weighted by Crippen LogP contribution is -2.06. The minimum absolute atomic E-state index is 0.128. The largest absolute Gasteiger partial charge is 0.478 e. The van der Waals surface area contributed by atoms with Gasteiger partial charge in [0.05, 0.1) is 5.56 Å². The summed E-state index contributed by atoms with van der Waals surface area (Å²) in [5.41, 5.74) is 1.90. The number of fused-ring (bicyclic) bond motifs is 1. The minimum atomic E-state index is -0.950. The fourth-order valence-electron chi connectivity index (χ4n) is 2.77. The number of halogens is 1. The van der Waals surface area contributed by atoms with Crippen LogP contribution < -0.4 is 0 Å². The Morgan fingerprint density at radius 2 is 1.82 bits per heavy atom. The second-order valence-corrected chi connectivity index (χ2v) is 5.33. The number of carbonyl (C=O) groups is 1. The molecule has 1 N–H and O–H groups in total. The number of carboxylic acid groups (broad SMARTS) is 1.